The fourth-order valence-electron chi connectivity index (χ4n) is 6.00. The van der Waals surface area contributed by atoms with Crippen LogP contribution >= 0.6 is 0 Å². The number of fused-ring (bicyclic) bond motifs is 1. The van der Waals surface area contributed by atoms with Crippen molar-refractivity contribution in [3.8, 4) is 11.5 Å². The second kappa shape index (κ2) is 12.2. The van der Waals surface area contributed by atoms with Crippen LogP contribution in [0.2, 0.25) is 0 Å². The number of benzene rings is 3. The van der Waals surface area contributed by atoms with Crippen molar-refractivity contribution in [3.05, 3.63) is 119 Å². The summed E-state index contributed by atoms with van der Waals surface area (Å²) in [5.74, 6) is 0.0698. The number of primary amides is 1. The number of hydroxylamine groups is 2. The van der Waals surface area contributed by atoms with Gasteiger partial charge in [-0.15, -0.1) is 5.06 Å². The van der Waals surface area contributed by atoms with E-state index in [0.29, 0.717) is 35.7 Å². The van der Waals surface area contributed by atoms with Gasteiger partial charge in [0.25, 0.3) is 11.8 Å². The van der Waals surface area contributed by atoms with E-state index in [4.69, 9.17) is 29.5 Å². The summed E-state index contributed by atoms with van der Waals surface area (Å²) < 4.78 is 23.9. The molecule has 1 fully saturated rings. The molecule has 3 amide bonds. The highest BCUT2D eigenvalue weighted by Crippen LogP contribution is 2.55. The second-order valence-electron chi connectivity index (χ2n) is 11.3. The van der Waals surface area contributed by atoms with E-state index < -0.39 is 28.9 Å². The van der Waals surface area contributed by atoms with Crippen LogP contribution < -0.4 is 15.2 Å². The SMILES string of the molecule is COc1ccc(COC2=CC=C(C(N)=O)CC2(OCc2ccc(OC)cc2)C2(ON3C(=O)c4ccccc4C3=O)CCC2)cc1. The van der Waals surface area contributed by atoms with Gasteiger partial charge in [0, 0.05) is 12.0 Å². The molecule has 1 unspecified atom stereocenters. The predicted molar refractivity (Wildman–Crippen MR) is 163 cm³/mol. The van der Waals surface area contributed by atoms with Crippen LogP contribution in [-0.2, 0) is 32.3 Å². The summed E-state index contributed by atoms with van der Waals surface area (Å²) in [5, 5.41) is 0.825. The van der Waals surface area contributed by atoms with Crippen LogP contribution in [0.5, 0.6) is 11.5 Å². The summed E-state index contributed by atoms with van der Waals surface area (Å²) in [6.45, 7) is 0.277. The number of ether oxygens (including phenoxy) is 4. The van der Waals surface area contributed by atoms with E-state index in [2.05, 4.69) is 0 Å². The molecule has 0 aromatic heterocycles. The van der Waals surface area contributed by atoms with Crippen LogP contribution in [0.25, 0.3) is 0 Å². The number of allylic oxidation sites excluding steroid dienone is 2. The first kappa shape index (κ1) is 30.1. The summed E-state index contributed by atoms with van der Waals surface area (Å²) in [6, 6.07) is 21.5. The van der Waals surface area contributed by atoms with Gasteiger partial charge in [0.2, 0.25) is 5.91 Å². The van der Waals surface area contributed by atoms with Crippen LogP contribution in [0, 0.1) is 0 Å². The van der Waals surface area contributed by atoms with E-state index in [9.17, 15) is 14.4 Å². The molecule has 6 rings (SSSR count). The lowest BCUT2D eigenvalue weighted by atomic mass is 9.63. The monoisotopic (exact) mass is 610 g/mol. The van der Waals surface area contributed by atoms with E-state index in [0.717, 1.165) is 22.6 Å². The molecular formula is C35H34N2O8. The van der Waals surface area contributed by atoms with Crippen molar-refractivity contribution in [3.63, 3.8) is 0 Å². The molecular weight excluding hydrogens is 576 g/mol. The number of methoxy groups -OCH3 is 2. The number of imide groups is 1. The van der Waals surface area contributed by atoms with E-state index in [1.165, 1.54) is 0 Å². The Morgan fingerprint density at radius 3 is 1.84 bits per heavy atom. The normalized spacial score (nSPS) is 20.1. The number of rotatable bonds is 12. The van der Waals surface area contributed by atoms with E-state index >= 15 is 0 Å². The van der Waals surface area contributed by atoms with Crippen LogP contribution in [-0.4, -0.2) is 48.2 Å². The highest BCUT2D eigenvalue weighted by molar-refractivity contribution is 6.20. The number of amides is 3. The molecule has 10 heteroatoms. The molecule has 3 aromatic carbocycles. The minimum atomic E-state index is -1.42. The van der Waals surface area contributed by atoms with Gasteiger partial charge >= 0.3 is 0 Å². The van der Waals surface area contributed by atoms with Crippen molar-refractivity contribution in [1.29, 1.82) is 0 Å². The average molecular weight is 611 g/mol. The van der Waals surface area contributed by atoms with Crippen LogP contribution in [0.4, 0.5) is 0 Å². The van der Waals surface area contributed by atoms with Crippen molar-refractivity contribution in [1.82, 2.24) is 5.06 Å². The van der Waals surface area contributed by atoms with Gasteiger partial charge in [-0.3, -0.25) is 19.2 Å². The van der Waals surface area contributed by atoms with Crippen LogP contribution in [0.15, 0.2) is 96.3 Å². The average Bonchev–Trinajstić information content (AvgIpc) is 3.29. The molecule has 1 heterocycles. The number of nitrogens with two attached hydrogens (primary N) is 1. The van der Waals surface area contributed by atoms with Crippen molar-refractivity contribution in [2.24, 2.45) is 5.73 Å². The van der Waals surface area contributed by atoms with Gasteiger partial charge in [0.1, 0.15) is 29.5 Å². The Hall–Kier alpha value is -4.93. The van der Waals surface area contributed by atoms with E-state index in [1.54, 1.807) is 50.6 Å². The van der Waals surface area contributed by atoms with Crippen LogP contribution in [0.3, 0.4) is 0 Å². The van der Waals surface area contributed by atoms with Gasteiger partial charge in [-0.2, -0.15) is 0 Å². The lowest BCUT2D eigenvalue weighted by Crippen LogP contribution is -2.66. The van der Waals surface area contributed by atoms with Gasteiger partial charge in [-0.25, -0.2) is 0 Å². The number of carbonyl (C=O) groups is 3. The molecule has 3 aromatic rings. The topological polar surface area (TPSA) is 127 Å². The molecule has 0 bridgehead atoms. The maximum absolute atomic E-state index is 13.5. The summed E-state index contributed by atoms with van der Waals surface area (Å²) in [6.07, 6.45) is 4.90. The third kappa shape index (κ3) is 5.47. The molecule has 0 spiro atoms. The van der Waals surface area contributed by atoms with Gasteiger partial charge in [-0.05, 0) is 78.9 Å². The fraction of sp³-hybridized carbons (Fsp3) is 0.286. The Morgan fingerprint density at radius 1 is 0.800 bits per heavy atom. The lowest BCUT2D eigenvalue weighted by molar-refractivity contribution is -0.302. The van der Waals surface area contributed by atoms with Gasteiger partial charge in [-0.1, -0.05) is 36.4 Å². The molecule has 1 aliphatic heterocycles. The Bertz CT molecular complexity index is 1640. The maximum atomic E-state index is 13.5. The third-order valence-electron chi connectivity index (χ3n) is 8.71. The maximum Gasteiger partial charge on any atom is 0.285 e. The summed E-state index contributed by atoms with van der Waals surface area (Å²) in [5.41, 5.74) is 5.68. The van der Waals surface area contributed by atoms with Gasteiger partial charge in [0.05, 0.1) is 32.0 Å². The summed E-state index contributed by atoms with van der Waals surface area (Å²) in [7, 11) is 3.19. The summed E-state index contributed by atoms with van der Waals surface area (Å²) in [4.78, 5) is 46.0. The van der Waals surface area contributed by atoms with Gasteiger partial charge < -0.3 is 24.7 Å². The third-order valence-corrected chi connectivity index (χ3v) is 8.71. The molecule has 45 heavy (non-hydrogen) atoms. The number of carbonyl (C=O) groups excluding carboxylic acids is 3. The lowest BCUT2D eigenvalue weighted by Gasteiger charge is -2.55. The molecule has 10 nitrogen and oxygen atoms in total. The molecule has 0 radical (unpaired) electrons. The van der Waals surface area contributed by atoms with Gasteiger partial charge in [0.15, 0.2) is 5.60 Å². The Labute approximate surface area is 260 Å². The second-order valence-corrected chi connectivity index (χ2v) is 11.3. The largest absolute Gasteiger partial charge is 0.497 e. The van der Waals surface area contributed by atoms with Crippen molar-refractivity contribution in [2.45, 2.75) is 50.1 Å². The smallest absolute Gasteiger partial charge is 0.285 e. The molecule has 232 valence electrons. The highest BCUT2D eigenvalue weighted by Gasteiger charge is 2.64. The number of nitrogens with zero attached hydrogens (tertiary/aromatic N) is 1. The van der Waals surface area contributed by atoms with E-state index in [1.807, 2.05) is 48.5 Å². The number of hydrogen-bond acceptors (Lipinski definition) is 8. The molecule has 0 saturated heterocycles. The summed E-state index contributed by atoms with van der Waals surface area (Å²) >= 11 is 0. The molecule has 3 aliphatic rings. The number of hydrogen-bond donors (Lipinski definition) is 1. The minimum absolute atomic E-state index is 0.0100. The molecule has 1 atom stereocenters. The zero-order chi connectivity index (χ0) is 31.6. The molecule has 2 aliphatic carbocycles. The fourth-order valence-corrected chi connectivity index (χ4v) is 6.00. The zero-order valence-electron chi connectivity index (χ0n) is 25.1. The van der Waals surface area contributed by atoms with Crippen molar-refractivity contribution >= 4 is 17.7 Å². The van der Waals surface area contributed by atoms with E-state index in [-0.39, 0.29) is 30.8 Å². The standard InChI is InChI=1S/C35H34N2O8/c1-41-26-13-8-23(9-14-26)21-43-30-17-12-25(31(36)38)20-35(30,44-22-24-10-15-27(42-2)16-11-24)34(18-5-19-34)45-37-32(39)28-6-3-4-7-29(28)33(37)40/h3-4,6-17H,5,18-22H2,1-2H3,(H2,36,38). The quantitative estimate of drug-likeness (QED) is 0.283. The molecule has 1 saturated carbocycles. The Balaban J connectivity index is 1.39. The van der Waals surface area contributed by atoms with Crippen LogP contribution in [0.1, 0.15) is 57.5 Å². The minimum Gasteiger partial charge on any atom is -0.497 e. The highest BCUT2D eigenvalue weighted by atomic mass is 16.7. The van der Waals surface area contributed by atoms with Crippen molar-refractivity contribution in [2.75, 3.05) is 14.2 Å². The van der Waals surface area contributed by atoms with Crippen molar-refractivity contribution < 1.29 is 38.2 Å². The Kier molecular flexibility index (Phi) is 8.18. The predicted octanol–water partition coefficient (Wildman–Crippen LogP) is 5.03. The first-order valence-electron chi connectivity index (χ1n) is 14.7. The molecule has 2 N–H and O–H groups in total. The Morgan fingerprint density at radius 2 is 1.36 bits per heavy atom. The zero-order valence-corrected chi connectivity index (χ0v) is 25.1. The first-order valence-corrected chi connectivity index (χ1v) is 14.7. The first-order chi connectivity index (χ1) is 21.8.